The van der Waals surface area contributed by atoms with Gasteiger partial charge in [0.15, 0.2) is 0 Å². The van der Waals surface area contributed by atoms with E-state index in [2.05, 4.69) is 26.1 Å². The molecule has 1 aliphatic rings. The molecule has 1 heterocycles. The number of rotatable bonds is 5. The van der Waals surface area contributed by atoms with Gasteiger partial charge in [-0.25, -0.2) is 0 Å². The molecule has 1 saturated heterocycles. The van der Waals surface area contributed by atoms with E-state index in [0.717, 1.165) is 12.8 Å². The highest BCUT2D eigenvalue weighted by molar-refractivity contribution is 5.79. The fourth-order valence-electron chi connectivity index (χ4n) is 1.88. The molecule has 2 unspecified atom stereocenters. The SMILES string of the molecule is CCC1OCCC1C(=O)NCC(C)(C)CN. The molecule has 0 spiro atoms. The predicted molar refractivity (Wildman–Crippen MR) is 64.0 cm³/mol. The maximum Gasteiger partial charge on any atom is 0.225 e. The summed E-state index contributed by atoms with van der Waals surface area (Å²) in [6, 6.07) is 0. The van der Waals surface area contributed by atoms with Gasteiger partial charge in [0.05, 0.1) is 12.0 Å². The Morgan fingerprint density at radius 2 is 2.25 bits per heavy atom. The lowest BCUT2D eigenvalue weighted by Gasteiger charge is -2.24. The molecule has 0 aliphatic carbocycles. The maximum absolute atomic E-state index is 11.9. The minimum absolute atomic E-state index is 0.0265. The second-order valence-corrected chi connectivity index (χ2v) is 5.30. The summed E-state index contributed by atoms with van der Waals surface area (Å²) in [6.07, 6.45) is 1.84. The Morgan fingerprint density at radius 1 is 1.56 bits per heavy atom. The second-order valence-electron chi connectivity index (χ2n) is 5.30. The molecular weight excluding hydrogens is 204 g/mol. The predicted octanol–water partition coefficient (Wildman–Crippen LogP) is 0.903. The Balaban J connectivity index is 2.40. The van der Waals surface area contributed by atoms with Crippen LogP contribution in [0.4, 0.5) is 0 Å². The van der Waals surface area contributed by atoms with Crippen molar-refractivity contribution in [3.05, 3.63) is 0 Å². The number of nitrogens with two attached hydrogens (primary N) is 1. The van der Waals surface area contributed by atoms with Gasteiger partial charge in [-0.3, -0.25) is 4.79 Å². The van der Waals surface area contributed by atoms with Gasteiger partial charge in [-0.15, -0.1) is 0 Å². The summed E-state index contributed by atoms with van der Waals surface area (Å²) < 4.78 is 5.51. The quantitative estimate of drug-likeness (QED) is 0.735. The highest BCUT2D eigenvalue weighted by atomic mass is 16.5. The lowest BCUT2D eigenvalue weighted by molar-refractivity contribution is -0.127. The first-order valence-electron chi connectivity index (χ1n) is 6.09. The molecule has 94 valence electrons. The minimum atomic E-state index is -0.0309. The molecule has 0 saturated carbocycles. The summed E-state index contributed by atoms with van der Waals surface area (Å²) in [5.41, 5.74) is 5.59. The topological polar surface area (TPSA) is 64.3 Å². The van der Waals surface area contributed by atoms with Crippen molar-refractivity contribution in [3.8, 4) is 0 Å². The number of hydrogen-bond donors (Lipinski definition) is 2. The average molecular weight is 228 g/mol. The smallest absolute Gasteiger partial charge is 0.225 e. The molecule has 0 aromatic rings. The zero-order valence-corrected chi connectivity index (χ0v) is 10.6. The van der Waals surface area contributed by atoms with E-state index < -0.39 is 0 Å². The third kappa shape index (κ3) is 3.46. The van der Waals surface area contributed by atoms with E-state index in [-0.39, 0.29) is 23.3 Å². The van der Waals surface area contributed by atoms with Crippen molar-refractivity contribution < 1.29 is 9.53 Å². The van der Waals surface area contributed by atoms with Crippen LogP contribution < -0.4 is 11.1 Å². The first-order chi connectivity index (χ1) is 7.50. The average Bonchev–Trinajstić information content (AvgIpc) is 2.74. The number of carbonyl (C=O) groups excluding carboxylic acids is 1. The van der Waals surface area contributed by atoms with Gasteiger partial charge >= 0.3 is 0 Å². The molecule has 0 aromatic carbocycles. The van der Waals surface area contributed by atoms with Crippen molar-refractivity contribution in [2.45, 2.75) is 39.7 Å². The van der Waals surface area contributed by atoms with Crippen LogP contribution in [0.25, 0.3) is 0 Å². The number of amides is 1. The van der Waals surface area contributed by atoms with Crippen LogP contribution in [-0.4, -0.2) is 31.7 Å². The van der Waals surface area contributed by atoms with E-state index in [1.54, 1.807) is 0 Å². The Labute approximate surface area is 97.9 Å². The zero-order chi connectivity index (χ0) is 12.2. The zero-order valence-electron chi connectivity index (χ0n) is 10.6. The molecule has 16 heavy (non-hydrogen) atoms. The highest BCUT2D eigenvalue weighted by Crippen LogP contribution is 2.23. The van der Waals surface area contributed by atoms with Gasteiger partial charge in [0.1, 0.15) is 0 Å². The summed E-state index contributed by atoms with van der Waals surface area (Å²) in [5, 5.41) is 2.98. The van der Waals surface area contributed by atoms with Gasteiger partial charge in [-0.05, 0) is 24.8 Å². The number of hydrogen-bond acceptors (Lipinski definition) is 3. The van der Waals surface area contributed by atoms with Crippen molar-refractivity contribution in [2.75, 3.05) is 19.7 Å². The van der Waals surface area contributed by atoms with Crippen LogP contribution >= 0.6 is 0 Å². The van der Waals surface area contributed by atoms with Gasteiger partial charge in [0.25, 0.3) is 0 Å². The third-order valence-electron chi connectivity index (χ3n) is 3.24. The Kier molecular flexibility index (Phi) is 4.74. The van der Waals surface area contributed by atoms with Crippen LogP contribution in [0.5, 0.6) is 0 Å². The fourth-order valence-corrected chi connectivity index (χ4v) is 1.88. The maximum atomic E-state index is 11.9. The third-order valence-corrected chi connectivity index (χ3v) is 3.24. The molecule has 2 atom stereocenters. The second kappa shape index (κ2) is 5.64. The summed E-state index contributed by atoms with van der Waals surface area (Å²) in [7, 11) is 0. The van der Waals surface area contributed by atoms with Crippen molar-refractivity contribution in [1.82, 2.24) is 5.32 Å². The van der Waals surface area contributed by atoms with Gasteiger partial charge in [-0.1, -0.05) is 20.8 Å². The van der Waals surface area contributed by atoms with E-state index in [4.69, 9.17) is 10.5 Å². The van der Waals surface area contributed by atoms with Crippen LogP contribution in [0.2, 0.25) is 0 Å². The summed E-state index contributed by atoms with van der Waals surface area (Å²) in [4.78, 5) is 11.9. The van der Waals surface area contributed by atoms with Crippen LogP contribution in [0.15, 0.2) is 0 Å². The molecule has 0 radical (unpaired) electrons. The van der Waals surface area contributed by atoms with Gasteiger partial charge in [0.2, 0.25) is 5.91 Å². The molecule has 0 aromatic heterocycles. The van der Waals surface area contributed by atoms with E-state index in [1.165, 1.54) is 0 Å². The van der Waals surface area contributed by atoms with Crippen molar-refractivity contribution >= 4 is 5.91 Å². The van der Waals surface area contributed by atoms with Gasteiger partial charge in [-0.2, -0.15) is 0 Å². The number of carbonyl (C=O) groups is 1. The van der Waals surface area contributed by atoms with E-state index in [0.29, 0.717) is 19.7 Å². The largest absolute Gasteiger partial charge is 0.377 e. The monoisotopic (exact) mass is 228 g/mol. The highest BCUT2D eigenvalue weighted by Gasteiger charge is 2.33. The van der Waals surface area contributed by atoms with Crippen molar-refractivity contribution in [3.63, 3.8) is 0 Å². The molecule has 1 rings (SSSR count). The van der Waals surface area contributed by atoms with E-state index in [1.807, 2.05) is 0 Å². The molecule has 0 bridgehead atoms. The molecule has 1 fully saturated rings. The van der Waals surface area contributed by atoms with Crippen LogP contribution in [0.3, 0.4) is 0 Å². The Bertz CT molecular complexity index is 241. The molecule has 4 heteroatoms. The van der Waals surface area contributed by atoms with Crippen molar-refractivity contribution in [1.29, 1.82) is 0 Å². The summed E-state index contributed by atoms with van der Waals surface area (Å²) >= 11 is 0. The van der Waals surface area contributed by atoms with Crippen LogP contribution in [0, 0.1) is 11.3 Å². The fraction of sp³-hybridized carbons (Fsp3) is 0.917. The van der Waals surface area contributed by atoms with Gasteiger partial charge < -0.3 is 15.8 Å². The number of nitrogens with one attached hydrogen (secondary N) is 1. The molecular formula is C12H24N2O2. The first-order valence-corrected chi connectivity index (χ1v) is 6.09. The lowest BCUT2D eigenvalue weighted by atomic mass is 9.92. The first kappa shape index (κ1) is 13.5. The Morgan fingerprint density at radius 3 is 2.81 bits per heavy atom. The number of ether oxygens (including phenoxy) is 1. The summed E-state index contributed by atoms with van der Waals surface area (Å²) in [6.45, 7) is 8.07. The molecule has 3 N–H and O–H groups in total. The molecule has 1 amide bonds. The van der Waals surface area contributed by atoms with Gasteiger partial charge in [0, 0.05) is 13.2 Å². The van der Waals surface area contributed by atoms with E-state index >= 15 is 0 Å². The lowest BCUT2D eigenvalue weighted by Crippen LogP contribution is -2.42. The van der Waals surface area contributed by atoms with Crippen LogP contribution in [0.1, 0.15) is 33.6 Å². The summed E-state index contributed by atoms with van der Waals surface area (Å²) in [5.74, 6) is 0.143. The minimum Gasteiger partial charge on any atom is -0.377 e. The molecule has 1 aliphatic heterocycles. The van der Waals surface area contributed by atoms with Crippen LogP contribution in [-0.2, 0) is 9.53 Å². The normalized spacial score (nSPS) is 25.8. The van der Waals surface area contributed by atoms with E-state index in [9.17, 15) is 4.79 Å². The Hall–Kier alpha value is -0.610. The standard InChI is InChI=1S/C12H24N2O2/c1-4-10-9(5-6-16-10)11(15)14-8-12(2,3)7-13/h9-10H,4-8,13H2,1-3H3,(H,14,15). The van der Waals surface area contributed by atoms with Crippen molar-refractivity contribution in [2.24, 2.45) is 17.1 Å². The molecule has 4 nitrogen and oxygen atoms in total.